The number of Topliss-reactive ketones (excluding diaryl/α,β-unsaturated/α-hetero) is 1. The Morgan fingerprint density at radius 2 is 1.95 bits per heavy atom. The topological polar surface area (TPSA) is 54.4 Å². The number of rotatable bonds is 2. The zero-order valence-electron chi connectivity index (χ0n) is 12.2. The van der Waals surface area contributed by atoms with Gasteiger partial charge >= 0.3 is 0 Å². The first-order valence-electron chi connectivity index (χ1n) is 6.57. The molecule has 0 aromatic heterocycles. The summed E-state index contributed by atoms with van der Waals surface area (Å²) in [6.07, 6.45) is 0.390. The largest absolute Gasteiger partial charge is 0.510 e. The van der Waals surface area contributed by atoms with E-state index in [2.05, 4.69) is 11.8 Å². The quantitative estimate of drug-likeness (QED) is 0.671. The monoisotopic (exact) mass is 300 g/mol. The molecule has 1 N–H and O–H groups in total. The zero-order chi connectivity index (χ0) is 15.6. The Morgan fingerprint density at radius 3 is 2.43 bits per heavy atom. The van der Waals surface area contributed by atoms with Gasteiger partial charge in [0.2, 0.25) is 5.12 Å². The Bertz CT molecular complexity index is 689. The molecule has 21 heavy (non-hydrogen) atoms. The van der Waals surface area contributed by atoms with Gasteiger partial charge in [0.05, 0.1) is 4.75 Å². The van der Waals surface area contributed by atoms with E-state index < -0.39 is 4.75 Å². The van der Waals surface area contributed by atoms with Gasteiger partial charge in [-0.25, -0.2) is 0 Å². The van der Waals surface area contributed by atoms with Crippen LogP contribution in [0.2, 0.25) is 0 Å². The van der Waals surface area contributed by atoms with E-state index in [1.807, 2.05) is 6.92 Å². The summed E-state index contributed by atoms with van der Waals surface area (Å²) in [7, 11) is 0. The van der Waals surface area contributed by atoms with Crippen LogP contribution in [0.15, 0.2) is 35.6 Å². The summed E-state index contributed by atoms with van der Waals surface area (Å²) in [6, 6.07) is 7.06. The van der Waals surface area contributed by atoms with Crippen LogP contribution < -0.4 is 0 Å². The summed E-state index contributed by atoms with van der Waals surface area (Å²) in [4.78, 5) is 22.8. The van der Waals surface area contributed by atoms with E-state index in [0.29, 0.717) is 17.6 Å². The van der Waals surface area contributed by atoms with Crippen molar-refractivity contribution in [3.63, 3.8) is 0 Å². The van der Waals surface area contributed by atoms with Crippen LogP contribution in [-0.2, 0) is 4.79 Å². The molecule has 0 fully saturated rings. The van der Waals surface area contributed by atoms with Gasteiger partial charge in [-0.1, -0.05) is 35.7 Å². The summed E-state index contributed by atoms with van der Waals surface area (Å²) >= 11 is 1.12. The van der Waals surface area contributed by atoms with Crippen molar-refractivity contribution in [2.75, 3.05) is 0 Å². The Kier molecular flexibility index (Phi) is 4.24. The number of hydrogen-bond acceptors (Lipinski definition) is 4. The number of ketones is 1. The first-order chi connectivity index (χ1) is 9.83. The highest BCUT2D eigenvalue weighted by Crippen LogP contribution is 2.44. The fraction of sp³-hybridized carbons (Fsp3) is 0.294. The van der Waals surface area contributed by atoms with E-state index in [1.54, 1.807) is 31.2 Å². The van der Waals surface area contributed by atoms with Crippen molar-refractivity contribution in [1.29, 1.82) is 0 Å². The lowest BCUT2D eigenvalue weighted by atomic mass is 10.0. The van der Waals surface area contributed by atoms with Crippen LogP contribution in [0.3, 0.4) is 0 Å². The summed E-state index contributed by atoms with van der Waals surface area (Å²) in [6.45, 7) is 4.96. The van der Waals surface area contributed by atoms with Crippen molar-refractivity contribution < 1.29 is 14.7 Å². The second kappa shape index (κ2) is 5.79. The molecule has 108 valence electrons. The van der Waals surface area contributed by atoms with E-state index in [1.165, 1.54) is 6.92 Å². The van der Waals surface area contributed by atoms with Gasteiger partial charge in [-0.05, 0) is 32.9 Å². The highest BCUT2D eigenvalue weighted by atomic mass is 32.2. The molecule has 4 heteroatoms. The van der Waals surface area contributed by atoms with Crippen LogP contribution in [0, 0.1) is 11.8 Å². The SMILES string of the molecule is CC(=O)c1ccc(C#CCC2(C)SC(=O)C(C)=C2O)cc1. The number of benzene rings is 1. The average molecular weight is 300 g/mol. The molecule has 1 unspecified atom stereocenters. The number of aliphatic hydroxyl groups excluding tert-OH is 1. The predicted molar refractivity (Wildman–Crippen MR) is 84.3 cm³/mol. The standard InChI is InChI=1S/C17H16O3S/c1-11-15(19)17(3,21-16(11)20)10-4-5-13-6-8-14(9-7-13)12(2)18/h6-9,19H,10H2,1-3H3. The molecule has 1 atom stereocenters. The molecule has 0 amide bonds. The van der Waals surface area contributed by atoms with Crippen LogP contribution in [0.1, 0.15) is 43.1 Å². The Balaban J connectivity index is 2.11. The van der Waals surface area contributed by atoms with E-state index >= 15 is 0 Å². The minimum atomic E-state index is -0.659. The molecule has 0 bridgehead atoms. The molecule has 2 rings (SSSR count). The fourth-order valence-electron chi connectivity index (χ4n) is 2.05. The van der Waals surface area contributed by atoms with E-state index in [9.17, 15) is 14.7 Å². The van der Waals surface area contributed by atoms with Crippen LogP contribution in [0.25, 0.3) is 0 Å². The molecule has 0 aliphatic carbocycles. The van der Waals surface area contributed by atoms with Gasteiger partial charge < -0.3 is 5.11 Å². The van der Waals surface area contributed by atoms with Gasteiger partial charge in [-0.3, -0.25) is 9.59 Å². The normalized spacial score (nSPS) is 21.2. The maximum Gasteiger partial charge on any atom is 0.219 e. The average Bonchev–Trinajstić information content (AvgIpc) is 2.63. The molecule has 1 aromatic carbocycles. The summed E-state index contributed by atoms with van der Waals surface area (Å²) in [5.74, 6) is 6.14. The molecule has 1 aromatic rings. The second-order valence-corrected chi connectivity index (χ2v) is 6.68. The van der Waals surface area contributed by atoms with Gasteiger partial charge in [0.25, 0.3) is 0 Å². The number of thioether (sulfide) groups is 1. The van der Waals surface area contributed by atoms with Crippen molar-refractivity contribution in [3.05, 3.63) is 46.7 Å². The predicted octanol–water partition coefficient (Wildman–Crippen LogP) is 3.49. The third-order valence-corrected chi connectivity index (χ3v) is 4.71. The highest BCUT2D eigenvalue weighted by molar-refractivity contribution is 8.15. The molecule has 0 saturated heterocycles. The Morgan fingerprint density at radius 1 is 1.33 bits per heavy atom. The zero-order valence-corrected chi connectivity index (χ0v) is 13.0. The maximum absolute atomic E-state index is 11.6. The van der Waals surface area contributed by atoms with Crippen LogP contribution in [0.4, 0.5) is 0 Å². The lowest BCUT2D eigenvalue weighted by Gasteiger charge is -2.18. The highest BCUT2D eigenvalue weighted by Gasteiger charge is 2.41. The van der Waals surface area contributed by atoms with Crippen molar-refractivity contribution >= 4 is 22.7 Å². The van der Waals surface area contributed by atoms with Crippen molar-refractivity contribution in [3.8, 4) is 11.8 Å². The smallest absolute Gasteiger partial charge is 0.219 e. The maximum atomic E-state index is 11.6. The Hall–Kier alpha value is -1.99. The summed E-state index contributed by atoms with van der Waals surface area (Å²) < 4.78 is -0.659. The fourth-order valence-corrected chi connectivity index (χ4v) is 3.10. The van der Waals surface area contributed by atoms with Crippen molar-refractivity contribution in [2.45, 2.75) is 31.9 Å². The lowest BCUT2D eigenvalue weighted by molar-refractivity contribution is -0.107. The van der Waals surface area contributed by atoms with Gasteiger partial charge in [-0.15, -0.1) is 0 Å². The number of carbonyl (C=O) groups excluding carboxylic acids is 2. The summed E-state index contributed by atoms with van der Waals surface area (Å²) in [5.41, 5.74) is 1.87. The van der Waals surface area contributed by atoms with E-state index in [0.717, 1.165) is 17.3 Å². The van der Waals surface area contributed by atoms with Gasteiger partial charge in [0.15, 0.2) is 5.78 Å². The minimum Gasteiger partial charge on any atom is -0.510 e. The van der Waals surface area contributed by atoms with Crippen molar-refractivity contribution in [1.82, 2.24) is 0 Å². The first-order valence-corrected chi connectivity index (χ1v) is 7.39. The van der Waals surface area contributed by atoms with Crippen LogP contribution >= 0.6 is 11.8 Å². The van der Waals surface area contributed by atoms with E-state index in [-0.39, 0.29) is 16.7 Å². The van der Waals surface area contributed by atoms with E-state index in [4.69, 9.17) is 0 Å². The number of hydrogen-bond donors (Lipinski definition) is 1. The summed E-state index contributed by atoms with van der Waals surface area (Å²) in [5, 5.41) is 9.92. The van der Waals surface area contributed by atoms with Gasteiger partial charge in [-0.2, -0.15) is 0 Å². The third-order valence-electron chi connectivity index (χ3n) is 3.43. The first kappa shape index (κ1) is 15.4. The molecule has 0 radical (unpaired) electrons. The lowest BCUT2D eigenvalue weighted by Crippen LogP contribution is -2.19. The molecule has 1 aliphatic heterocycles. The van der Waals surface area contributed by atoms with Gasteiger partial charge in [0, 0.05) is 23.1 Å². The minimum absolute atomic E-state index is 0.0217. The molecule has 0 spiro atoms. The number of aliphatic hydroxyl groups is 1. The van der Waals surface area contributed by atoms with Gasteiger partial charge in [0.1, 0.15) is 5.76 Å². The molecule has 1 heterocycles. The number of carbonyl (C=O) groups is 2. The van der Waals surface area contributed by atoms with Crippen LogP contribution in [-0.4, -0.2) is 20.8 Å². The molecule has 0 saturated carbocycles. The molecular formula is C17H16O3S. The second-order valence-electron chi connectivity index (χ2n) is 5.21. The van der Waals surface area contributed by atoms with Crippen LogP contribution in [0.5, 0.6) is 0 Å². The Labute approximate surface area is 128 Å². The molecule has 3 nitrogen and oxygen atoms in total. The van der Waals surface area contributed by atoms with Crippen molar-refractivity contribution in [2.24, 2.45) is 0 Å². The molecule has 1 aliphatic rings. The third kappa shape index (κ3) is 3.20. The molecular weight excluding hydrogens is 284 g/mol.